The molecule has 1 fully saturated rings. The minimum atomic E-state index is -0.481. The van der Waals surface area contributed by atoms with Crippen molar-refractivity contribution < 1.29 is 14.2 Å². The number of hydrogen-bond acceptors (Lipinski definition) is 3. The molecule has 120 valence electrons. The van der Waals surface area contributed by atoms with Gasteiger partial charge >= 0.3 is 0 Å². The Morgan fingerprint density at radius 3 is 2.57 bits per heavy atom. The van der Waals surface area contributed by atoms with Gasteiger partial charge < -0.3 is 9.84 Å². The van der Waals surface area contributed by atoms with Crippen molar-refractivity contribution in [2.24, 2.45) is 0 Å². The highest BCUT2D eigenvalue weighted by molar-refractivity contribution is 5.36. The van der Waals surface area contributed by atoms with Crippen molar-refractivity contribution in [1.29, 1.82) is 0 Å². The first-order valence-electron chi connectivity index (χ1n) is 8.10. The molecular weight excluding hydrogens is 293 g/mol. The topological polar surface area (TPSA) is 32.7 Å². The third-order valence-electron chi connectivity index (χ3n) is 4.99. The fraction of sp³-hybridized carbons (Fsp3) is 0.368. The summed E-state index contributed by atoms with van der Waals surface area (Å²) in [6.45, 7) is 1.93. The smallest absolute Gasteiger partial charge is 0.129 e. The third-order valence-corrected chi connectivity index (χ3v) is 4.99. The highest BCUT2D eigenvalue weighted by Crippen LogP contribution is 2.36. The molecule has 3 unspecified atom stereocenters. The van der Waals surface area contributed by atoms with Gasteiger partial charge in [-0.15, -0.1) is 0 Å². The lowest BCUT2D eigenvalue weighted by Gasteiger charge is -2.38. The summed E-state index contributed by atoms with van der Waals surface area (Å²) in [5, 5.41) is 10.6. The fourth-order valence-electron chi connectivity index (χ4n) is 3.78. The Bertz CT molecular complexity index is 705. The van der Waals surface area contributed by atoms with Crippen LogP contribution in [0.5, 0.6) is 0 Å². The van der Waals surface area contributed by atoms with Crippen molar-refractivity contribution in [1.82, 2.24) is 4.90 Å². The van der Waals surface area contributed by atoms with Crippen molar-refractivity contribution in [3.05, 3.63) is 71.0 Å². The van der Waals surface area contributed by atoms with Crippen molar-refractivity contribution in [2.75, 3.05) is 19.7 Å². The van der Waals surface area contributed by atoms with E-state index in [0.29, 0.717) is 18.7 Å². The monoisotopic (exact) mass is 313 g/mol. The van der Waals surface area contributed by atoms with Crippen molar-refractivity contribution >= 4 is 0 Å². The second-order valence-corrected chi connectivity index (χ2v) is 6.29. The van der Waals surface area contributed by atoms with Gasteiger partial charge in [0, 0.05) is 24.7 Å². The fourth-order valence-corrected chi connectivity index (χ4v) is 3.78. The minimum Gasteiger partial charge on any atom is -0.387 e. The molecule has 1 N–H and O–H groups in total. The van der Waals surface area contributed by atoms with E-state index in [1.165, 1.54) is 11.6 Å². The van der Waals surface area contributed by atoms with E-state index in [2.05, 4.69) is 11.0 Å². The second kappa shape index (κ2) is 6.04. The first kappa shape index (κ1) is 14.8. The Hall–Kier alpha value is -1.75. The quantitative estimate of drug-likeness (QED) is 0.925. The average molecular weight is 313 g/mol. The Balaban J connectivity index is 1.54. The summed E-state index contributed by atoms with van der Waals surface area (Å²) in [5.74, 6) is -0.227. The van der Waals surface area contributed by atoms with Crippen LogP contribution in [0.15, 0.2) is 48.5 Å². The Morgan fingerprint density at radius 1 is 1.04 bits per heavy atom. The Morgan fingerprint density at radius 2 is 1.78 bits per heavy atom. The highest BCUT2D eigenvalue weighted by Gasteiger charge is 2.37. The summed E-state index contributed by atoms with van der Waals surface area (Å²) in [7, 11) is 0. The summed E-state index contributed by atoms with van der Waals surface area (Å²) >= 11 is 0. The molecule has 2 aromatic carbocycles. The number of morpholine rings is 1. The summed E-state index contributed by atoms with van der Waals surface area (Å²) in [6, 6.07) is 14.9. The van der Waals surface area contributed by atoms with E-state index in [1.54, 1.807) is 12.1 Å². The lowest BCUT2D eigenvalue weighted by Crippen LogP contribution is -2.46. The van der Waals surface area contributed by atoms with Crippen LogP contribution in [0.1, 0.15) is 28.9 Å². The molecule has 0 amide bonds. The summed E-state index contributed by atoms with van der Waals surface area (Å²) < 4.78 is 19.8. The van der Waals surface area contributed by atoms with Crippen LogP contribution < -0.4 is 0 Å². The second-order valence-electron chi connectivity index (χ2n) is 6.29. The van der Waals surface area contributed by atoms with E-state index in [1.807, 2.05) is 24.3 Å². The predicted octanol–water partition coefficient (Wildman–Crippen LogP) is 2.86. The molecule has 1 aliphatic carbocycles. The molecule has 0 bridgehead atoms. The molecule has 1 aliphatic heterocycles. The summed E-state index contributed by atoms with van der Waals surface area (Å²) in [4.78, 5) is 2.24. The largest absolute Gasteiger partial charge is 0.387 e. The molecule has 2 aliphatic rings. The van der Waals surface area contributed by atoms with E-state index in [9.17, 15) is 9.50 Å². The molecule has 3 nitrogen and oxygen atoms in total. The number of ether oxygens (including phenoxy) is 1. The number of nitrogens with zero attached hydrogens (tertiary/aromatic N) is 1. The van der Waals surface area contributed by atoms with Gasteiger partial charge in [0.15, 0.2) is 0 Å². The Labute approximate surface area is 135 Å². The molecule has 0 radical (unpaired) electrons. The standard InChI is InChI=1S/C19H20FNO2/c20-16-8-4-3-7-15(16)18-12-21(9-10-23-18)17-11-13-5-1-2-6-14(13)19(17)22/h1-8,17-19,22H,9-12H2. The first-order valence-corrected chi connectivity index (χ1v) is 8.10. The van der Waals surface area contributed by atoms with Gasteiger partial charge in [-0.25, -0.2) is 4.39 Å². The van der Waals surface area contributed by atoms with Crippen LogP contribution in [-0.4, -0.2) is 35.7 Å². The molecule has 0 aromatic heterocycles. The third kappa shape index (κ3) is 2.67. The average Bonchev–Trinajstić information content (AvgIpc) is 2.93. The predicted molar refractivity (Wildman–Crippen MR) is 85.6 cm³/mol. The van der Waals surface area contributed by atoms with Crippen molar-refractivity contribution in [3.8, 4) is 0 Å². The number of aliphatic hydroxyl groups is 1. The van der Waals surface area contributed by atoms with Gasteiger partial charge in [-0.2, -0.15) is 0 Å². The lowest BCUT2D eigenvalue weighted by atomic mass is 10.0. The van der Waals surface area contributed by atoms with Gasteiger partial charge in [0.1, 0.15) is 5.82 Å². The zero-order valence-corrected chi connectivity index (χ0v) is 12.9. The number of fused-ring (bicyclic) bond motifs is 1. The van der Waals surface area contributed by atoms with Gasteiger partial charge in [-0.1, -0.05) is 42.5 Å². The number of halogens is 1. The van der Waals surface area contributed by atoms with Crippen LogP contribution in [0.3, 0.4) is 0 Å². The molecule has 1 saturated heterocycles. The molecule has 0 spiro atoms. The van der Waals surface area contributed by atoms with Gasteiger partial charge in [0.05, 0.1) is 18.8 Å². The minimum absolute atomic E-state index is 0.0468. The number of aliphatic hydroxyl groups excluding tert-OH is 1. The van der Waals surface area contributed by atoms with Crippen molar-refractivity contribution in [2.45, 2.75) is 24.7 Å². The van der Waals surface area contributed by atoms with E-state index < -0.39 is 6.10 Å². The SMILES string of the molecule is OC1c2ccccc2CC1N1CCOC(c2ccccc2F)C1. The van der Waals surface area contributed by atoms with Gasteiger partial charge in [0.25, 0.3) is 0 Å². The Kier molecular flexibility index (Phi) is 3.89. The molecule has 4 rings (SSSR count). The maximum atomic E-state index is 14.0. The van der Waals surface area contributed by atoms with Gasteiger partial charge in [0.2, 0.25) is 0 Å². The van der Waals surface area contributed by atoms with Crippen LogP contribution in [0.4, 0.5) is 4.39 Å². The molecule has 2 aromatic rings. The number of rotatable bonds is 2. The molecule has 23 heavy (non-hydrogen) atoms. The molecule has 1 heterocycles. The molecule has 3 atom stereocenters. The summed E-state index contributed by atoms with van der Waals surface area (Å²) in [5.41, 5.74) is 2.83. The van der Waals surface area contributed by atoms with Crippen LogP contribution in [0.25, 0.3) is 0 Å². The van der Waals surface area contributed by atoms with Crippen LogP contribution in [0.2, 0.25) is 0 Å². The maximum Gasteiger partial charge on any atom is 0.129 e. The first-order chi connectivity index (χ1) is 11.2. The highest BCUT2D eigenvalue weighted by atomic mass is 19.1. The van der Waals surface area contributed by atoms with E-state index in [0.717, 1.165) is 18.5 Å². The van der Waals surface area contributed by atoms with Crippen LogP contribution in [-0.2, 0) is 11.2 Å². The normalized spacial score (nSPS) is 27.8. The van der Waals surface area contributed by atoms with E-state index in [4.69, 9.17) is 4.74 Å². The van der Waals surface area contributed by atoms with Crippen LogP contribution in [0, 0.1) is 5.82 Å². The lowest BCUT2D eigenvalue weighted by molar-refractivity contribution is -0.0644. The summed E-state index contributed by atoms with van der Waals surface area (Å²) in [6.07, 6.45) is 0.0767. The van der Waals surface area contributed by atoms with Gasteiger partial charge in [-0.05, 0) is 23.6 Å². The van der Waals surface area contributed by atoms with Crippen molar-refractivity contribution in [3.63, 3.8) is 0 Å². The molecule has 0 saturated carbocycles. The zero-order valence-electron chi connectivity index (χ0n) is 12.9. The maximum absolute atomic E-state index is 14.0. The van der Waals surface area contributed by atoms with Gasteiger partial charge in [-0.3, -0.25) is 4.90 Å². The number of benzene rings is 2. The molecular formula is C19H20FNO2. The number of hydrogen-bond donors (Lipinski definition) is 1. The van der Waals surface area contributed by atoms with Crippen LogP contribution >= 0.6 is 0 Å². The van der Waals surface area contributed by atoms with E-state index in [-0.39, 0.29) is 18.0 Å². The molecule has 4 heteroatoms. The zero-order chi connectivity index (χ0) is 15.8. The van der Waals surface area contributed by atoms with E-state index >= 15 is 0 Å².